The van der Waals surface area contributed by atoms with Crippen molar-refractivity contribution in [3.8, 4) is 0 Å². The standard InChI is InChI=1S/C17H28N4O2/c1-11(2)9-14-19-18-13(22-14)7-8-17(5,6)10-15-20-21-16(23-15)12(3)4/h11-12H,7-10H2,1-6H3. The van der Waals surface area contributed by atoms with Crippen LogP contribution in [-0.4, -0.2) is 20.4 Å². The molecule has 0 amide bonds. The minimum absolute atomic E-state index is 0.0352. The molecule has 0 N–H and O–H groups in total. The molecule has 2 aromatic rings. The summed E-state index contributed by atoms with van der Waals surface area (Å²) in [7, 11) is 0. The summed E-state index contributed by atoms with van der Waals surface area (Å²) in [4.78, 5) is 0. The van der Waals surface area contributed by atoms with Gasteiger partial charge in [0, 0.05) is 25.2 Å². The highest BCUT2D eigenvalue weighted by atomic mass is 16.4. The third-order valence-corrected chi connectivity index (χ3v) is 3.71. The van der Waals surface area contributed by atoms with Gasteiger partial charge >= 0.3 is 0 Å². The highest BCUT2D eigenvalue weighted by Gasteiger charge is 2.23. The molecule has 0 aliphatic carbocycles. The van der Waals surface area contributed by atoms with E-state index in [0.717, 1.165) is 31.6 Å². The first-order chi connectivity index (χ1) is 10.7. The quantitative estimate of drug-likeness (QED) is 0.732. The highest BCUT2D eigenvalue weighted by molar-refractivity contribution is 4.92. The number of hydrogen-bond donors (Lipinski definition) is 0. The molecule has 0 unspecified atom stereocenters. The average Bonchev–Trinajstić information content (AvgIpc) is 3.05. The van der Waals surface area contributed by atoms with E-state index in [1.807, 2.05) is 13.8 Å². The zero-order valence-electron chi connectivity index (χ0n) is 15.1. The highest BCUT2D eigenvalue weighted by Crippen LogP contribution is 2.28. The molecule has 2 rings (SSSR count). The molecule has 0 aromatic carbocycles. The fourth-order valence-corrected chi connectivity index (χ4v) is 2.34. The molecule has 0 spiro atoms. The van der Waals surface area contributed by atoms with Crippen LogP contribution in [0.3, 0.4) is 0 Å². The zero-order chi connectivity index (χ0) is 17.0. The normalized spacial score (nSPS) is 12.5. The zero-order valence-corrected chi connectivity index (χ0v) is 15.1. The summed E-state index contributed by atoms with van der Waals surface area (Å²) in [5.74, 6) is 3.62. The van der Waals surface area contributed by atoms with Crippen LogP contribution in [0.15, 0.2) is 8.83 Å². The lowest BCUT2D eigenvalue weighted by atomic mass is 9.84. The molecule has 23 heavy (non-hydrogen) atoms. The molecule has 0 aliphatic rings. The van der Waals surface area contributed by atoms with Gasteiger partial charge in [0.05, 0.1) is 0 Å². The number of aromatic nitrogens is 4. The van der Waals surface area contributed by atoms with Crippen molar-refractivity contribution in [3.63, 3.8) is 0 Å². The fourth-order valence-electron chi connectivity index (χ4n) is 2.34. The van der Waals surface area contributed by atoms with E-state index < -0.39 is 0 Å². The summed E-state index contributed by atoms with van der Waals surface area (Å²) in [6.07, 6.45) is 3.27. The van der Waals surface area contributed by atoms with Gasteiger partial charge in [-0.25, -0.2) is 0 Å². The lowest BCUT2D eigenvalue weighted by Gasteiger charge is -2.21. The summed E-state index contributed by atoms with van der Waals surface area (Å²) in [6.45, 7) is 12.8. The van der Waals surface area contributed by atoms with Crippen molar-refractivity contribution in [2.24, 2.45) is 11.3 Å². The second-order valence-corrected chi connectivity index (χ2v) is 7.72. The van der Waals surface area contributed by atoms with Crippen molar-refractivity contribution in [3.05, 3.63) is 23.6 Å². The molecule has 128 valence electrons. The molecule has 6 heteroatoms. The maximum atomic E-state index is 5.71. The SMILES string of the molecule is CC(C)Cc1nnc(CCC(C)(C)Cc2nnc(C(C)C)o2)o1. The summed E-state index contributed by atoms with van der Waals surface area (Å²) in [6, 6.07) is 0. The molecule has 0 bridgehead atoms. The Morgan fingerprint density at radius 2 is 1.52 bits per heavy atom. The van der Waals surface area contributed by atoms with E-state index >= 15 is 0 Å². The van der Waals surface area contributed by atoms with Gasteiger partial charge in [-0.3, -0.25) is 0 Å². The first-order valence-corrected chi connectivity index (χ1v) is 8.39. The summed E-state index contributed by atoms with van der Waals surface area (Å²) in [5, 5.41) is 16.5. The van der Waals surface area contributed by atoms with Gasteiger partial charge in [0.25, 0.3) is 0 Å². The van der Waals surface area contributed by atoms with Crippen LogP contribution in [0.5, 0.6) is 0 Å². The maximum Gasteiger partial charge on any atom is 0.219 e. The van der Waals surface area contributed by atoms with E-state index in [9.17, 15) is 0 Å². The molecule has 6 nitrogen and oxygen atoms in total. The van der Waals surface area contributed by atoms with Crippen molar-refractivity contribution in [1.82, 2.24) is 20.4 Å². The van der Waals surface area contributed by atoms with E-state index in [4.69, 9.17) is 8.83 Å². The number of aryl methyl sites for hydroxylation is 1. The van der Waals surface area contributed by atoms with Crippen LogP contribution < -0.4 is 0 Å². The summed E-state index contributed by atoms with van der Waals surface area (Å²) in [5.41, 5.74) is 0.0352. The van der Waals surface area contributed by atoms with E-state index in [2.05, 4.69) is 48.1 Å². The largest absolute Gasteiger partial charge is 0.425 e. The number of rotatable bonds is 8. The van der Waals surface area contributed by atoms with Crippen LogP contribution in [0.2, 0.25) is 0 Å². The molecular formula is C17H28N4O2. The minimum Gasteiger partial charge on any atom is -0.425 e. The van der Waals surface area contributed by atoms with Gasteiger partial charge in [0.15, 0.2) is 0 Å². The first kappa shape index (κ1) is 17.6. The maximum absolute atomic E-state index is 5.71. The predicted molar refractivity (Wildman–Crippen MR) is 87.0 cm³/mol. The van der Waals surface area contributed by atoms with Gasteiger partial charge in [0.1, 0.15) is 0 Å². The van der Waals surface area contributed by atoms with Crippen molar-refractivity contribution in [2.75, 3.05) is 0 Å². The Labute approximate surface area is 138 Å². The number of nitrogens with zero attached hydrogens (tertiary/aromatic N) is 4. The molecule has 0 atom stereocenters. The van der Waals surface area contributed by atoms with Gasteiger partial charge in [-0.2, -0.15) is 0 Å². The molecule has 0 saturated carbocycles. The minimum atomic E-state index is 0.0352. The van der Waals surface area contributed by atoms with Crippen molar-refractivity contribution >= 4 is 0 Å². The predicted octanol–water partition coefficient (Wildman–Crippen LogP) is 3.98. The second-order valence-electron chi connectivity index (χ2n) is 7.72. The van der Waals surface area contributed by atoms with Crippen LogP contribution in [0.25, 0.3) is 0 Å². The average molecular weight is 320 g/mol. The second kappa shape index (κ2) is 7.23. The van der Waals surface area contributed by atoms with Crippen molar-refractivity contribution in [1.29, 1.82) is 0 Å². The smallest absolute Gasteiger partial charge is 0.219 e. The Kier molecular flexibility index (Phi) is 5.55. The van der Waals surface area contributed by atoms with Crippen molar-refractivity contribution < 1.29 is 8.83 Å². The molecule has 0 saturated heterocycles. The fraction of sp³-hybridized carbons (Fsp3) is 0.765. The summed E-state index contributed by atoms with van der Waals surface area (Å²) >= 11 is 0. The van der Waals surface area contributed by atoms with E-state index in [1.165, 1.54) is 0 Å². The lowest BCUT2D eigenvalue weighted by Crippen LogP contribution is -2.16. The molecular weight excluding hydrogens is 292 g/mol. The van der Waals surface area contributed by atoms with Crippen LogP contribution in [0.1, 0.15) is 77.4 Å². The van der Waals surface area contributed by atoms with Gasteiger partial charge < -0.3 is 8.83 Å². The van der Waals surface area contributed by atoms with Crippen LogP contribution in [-0.2, 0) is 19.3 Å². The van der Waals surface area contributed by atoms with E-state index in [-0.39, 0.29) is 11.3 Å². The Hall–Kier alpha value is -1.72. The first-order valence-electron chi connectivity index (χ1n) is 8.39. The van der Waals surface area contributed by atoms with Gasteiger partial charge in [-0.15, -0.1) is 20.4 Å². The van der Waals surface area contributed by atoms with Gasteiger partial charge in [0.2, 0.25) is 23.6 Å². The van der Waals surface area contributed by atoms with E-state index in [0.29, 0.717) is 23.6 Å². The van der Waals surface area contributed by atoms with Crippen LogP contribution in [0.4, 0.5) is 0 Å². The molecule has 2 heterocycles. The third-order valence-electron chi connectivity index (χ3n) is 3.71. The Morgan fingerprint density at radius 1 is 0.870 bits per heavy atom. The Bertz CT molecular complexity index is 614. The Balaban J connectivity index is 1.88. The van der Waals surface area contributed by atoms with Crippen molar-refractivity contribution in [2.45, 2.75) is 73.1 Å². The van der Waals surface area contributed by atoms with Gasteiger partial charge in [-0.1, -0.05) is 41.5 Å². The molecule has 0 fully saturated rings. The third kappa shape index (κ3) is 5.44. The van der Waals surface area contributed by atoms with E-state index in [1.54, 1.807) is 0 Å². The Morgan fingerprint density at radius 3 is 2.13 bits per heavy atom. The lowest BCUT2D eigenvalue weighted by molar-refractivity contribution is 0.281. The summed E-state index contributed by atoms with van der Waals surface area (Å²) < 4.78 is 11.4. The van der Waals surface area contributed by atoms with Crippen LogP contribution >= 0.6 is 0 Å². The molecule has 0 aliphatic heterocycles. The monoisotopic (exact) mass is 320 g/mol. The molecule has 0 radical (unpaired) electrons. The topological polar surface area (TPSA) is 77.8 Å². The van der Waals surface area contributed by atoms with Crippen LogP contribution in [0, 0.1) is 11.3 Å². The molecule has 2 aromatic heterocycles. The number of hydrogen-bond acceptors (Lipinski definition) is 6. The van der Waals surface area contributed by atoms with Gasteiger partial charge in [-0.05, 0) is 17.8 Å².